The summed E-state index contributed by atoms with van der Waals surface area (Å²) in [5, 5.41) is 11.9. The summed E-state index contributed by atoms with van der Waals surface area (Å²) in [7, 11) is 0. The summed E-state index contributed by atoms with van der Waals surface area (Å²) in [6.07, 6.45) is 0.893. The number of benzene rings is 1. The summed E-state index contributed by atoms with van der Waals surface area (Å²) >= 11 is 0. The van der Waals surface area contributed by atoms with Crippen molar-refractivity contribution in [1.82, 2.24) is 9.88 Å². The number of morpholine rings is 1. The number of nitrogens with one attached hydrogen (secondary N) is 1. The Morgan fingerprint density at radius 3 is 2.79 bits per heavy atom. The number of nitrogens with zero attached hydrogens (tertiary/aromatic N) is 2. The van der Waals surface area contributed by atoms with Crippen LogP contribution in [0.4, 0.5) is 19.3 Å². The van der Waals surface area contributed by atoms with Crippen molar-refractivity contribution in [2.75, 3.05) is 31.1 Å². The lowest BCUT2D eigenvalue weighted by molar-refractivity contribution is 0.0212. The minimum absolute atomic E-state index is 0.0183. The zero-order chi connectivity index (χ0) is 20.3. The fraction of sp³-hybridized carbons (Fsp3) is 0.474. The number of anilines is 1. The first-order valence-electron chi connectivity index (χ1n) is 9.51. The zero-order valence-corrected chi connectivity index (χ0v) is 15.4. The Bertz CT molecular complexity index is 1050. The minimum atomic E-state index is -1.66. The predicted molar refractivity (Wildman–Crippen MR) is 98.8 cm³/mol. The van der Waals surface area contributed by atoms with Crippen LogP contribution in [0.15, 0.2) is 17.1 Å². The Morgan fingerprint density at radius 1 is 1.31 bits per heavy atom. The number of hydrogen-bond donors (Lipinski definition) is 2. The third-order valence-corrected chi connectivity index (χ3v) is 5.71. The van der Waals surface area contributed by atoms with E-state index in [2.05, 4.69) is 10.1 Å². The second-order valence-corrected chi connectivity index (χ2v) is 7.62. The molecule has 0 radical (unpaired) electrons. The standard InChI is InChI=1S/C19H19F2N3O5/c20-11-5-10-16(24(9-1-2-9)8-14(18(10)25)29-19(26)27)15(21)17(11)23-6-12-13(7-23)28-4-3-22-12/h5,8-9,12-13,22H,1-4,6-7H2,(H,26,27)/t12-,13+/m1/s1. The highest BCUT2D eigenvalue weighted by molar-refractivity contribution is 5.86. The molecule has 1 aromatic carbocycles. The smallest absolute Gasteiger partial charge is 0.449 e. The van der Waals surface area contributed by atoms with Gasteiger partial charge >= 0.3 is 6.16 Å². The number of halogens is 2. The van der Waals surface area contributed by atoms with Crippen molar-refractivity contribution in [2.45, 2.75) is 31.0 Å². The number of pyridine rings is 1. The zero-order valence-electron chi connectivity index (χ0n) is 15.4. The van der Waals surface area contributed by atoms with Crippen LogP contribution in [0.5, 0.6) is 5.75 Å². The summed E-state index contributed by atoms with van der Waals surface area (Å²) in [5.41, 5.74) is -1.09. The number of hydrogen-bond acceptors (Lipinski definition) is 6. The van der Waals surface area contributed by atoms with Crippen LogP contribution in [-0.4, -0.2) is 54.2 Å². The van der Waals surface area contributed by atoms with Gasteiger partial charge in [0.2, 0.25) is 5.43 Å². The largest absolute Gasteiger partial charge is 0.511 e. The summed E-state index contributed by atoms with van der Waals surface area (Å²) < 4.78 is 42.3. The van der Waals surface area contributed by atoms with E-state index >= 15 is 4.39 Å². The first-order valence-corrected chi connectivity index (χ1v) is 9.51. The van der Waals surface area contributed by atoms with Gasteiger partial charge in [0.1, 0.15) is 11.5 Å². The highest BCUT2D eigenvalue weighted by atomic mass is 19.1. The molecule has 0 unspecified atom stereocenters. The third kappa shape index (κ3) is 3.03. The molecule has 3 heterocycles. The van der Waals surface area contributed by atoms with Gasteiger partial charge < -0.3 is 29.4 Å². The average molecular weight is 407 g/mol. The molecule has 0 spiro atoms. The van der Waals surface area contributed by atoms with Crippen LogP contribution in [0, 0.1) is 11.6 Å². The maximum atomic E-state index is 15.6. The van der Waals surface area contributed by atoms with Crippen LogP contribution < -0.4 is 20.4 Å². The van der Waals surface area contributed by atoms with Gasteiger partial charge in [-0.1, -0.05) is 0 Å². The first-order chi connectivity index (χ1) is 13.9. The quantitative estimate of drug-likeness (QED) is 0.750. The number of aromatic nitrogens is 1. The molecule has 154 valence electrons. The van der Waals surface area contributed by atoms with E-state index in [9.17, 15) is 14.0 Å². The van der Waals surface area contributed by atoms with Gasteiger partial charge in [0.05, 0.1) is 35.9 Å². The first kappa shape index (κ1) is 18.3. The van der Waals surface area contributed by atoms with Crippen molar-refractivity contribution in [2.24, 2.45) is 0 Å². The van der Waals surface area contributed by atoms with Gasteiger partial charge in [-0.15, -0.1) is 0 Å². The van der Waals surface area contributed by atoms with Crippen LogP contribution >= 0.6 is 0 Å². The molecule has 2 saturated heterocycles. The van der Waals surface area contributed by atoms with E-state index in [1.54, 1.807) is 4.90 Å². The van der Waals surface area contributed by atoms with Crippen molar-refractivity contribution in [3.05, 3.63) is 34.1 Å². The highest BCUT2D eigenvalue weighted by Gasteiger charge is 2.38. The molecule has 1 aliphatic carbocycles. The van der Waals surface area contributed by atoms with Crippen molar-refractivity contribution >= 4 is 22.7 Å². The molecule has 1 saturated carbocycles. The van der Waals surface area contributed by atoms with E-state index in [1.165, 1.54) is 10.8 Å². The lowest BCUT2D eigenvalue weighted by atomic mass is 10.1. The fourth-order valence-corrected chi connectivity index (χ4v) is 4.28. The molecule has 0 amide bonds. The van der Waals surface area contributed by atoms with Crippen molar-refractivity contribution in [3.63, 3.8) is 0 Å². The Morgan fingerprint density at radius 2 is 2.10 bits per heavy atom. The van der Waals surface area contributed by atoms with Gasteiger partial charge in [0, 0.05) is 25.7 Å². The lowest BCUT2D eigenvalue weighted by Crippen LogP contribution is -2.47. The van der Waals surface area contributed by atoms with Crippen LogP contribution in [-0.2, 0) is 4.74 Å². The second kappa shape index (κ2) is 6.67. The summed E-state index contributed by atoms with van der Waals surface area (Å²) in [6, 6.07) is 0.864. The normalized spacial score (nSPS) is 24.0. The SMILES string of the molecule is O=C(O)Oc1cn(C2CC2)c2c(F)c(N3C[C@@H]4OCCN[C@@H]4C3)c(F)cc2c1=O. The van der Waals surface area contributed by atoms with Gasteiger partial charge in [0.15, 0.2) is 11.6 Å². The molecule has 1 aromatic heterocycles. The van der Waals surface area contributed by atoms with E-state index < -0.39 is 29.0 Å². The van der Waals surface area contributed by atoms with Crippen LogP contribution in [0.25, 0.3) is 10.9 Å². The number of rotatable bonds is 3. The molecule has 5 rings (SSSR count). The second-order valence-electron chi connectivity index (χ2n) is 7.62. The maximum Gasteiger partial charge on any atom is 0.511 e. The lowest BCUT2D eigenvalue weighted by Gasteiger charge is -2.25. The summed E-state index contributed by atoms with van der Waals surface area (Å²) in [4.78, 5) is 25.1. The number of fused-ring (bicyclic) bond motifs is 2. The molecule has 3 fully saturated rings. The van der Waals surface area contributed by atoms with E-state index in [-0.39, 0.29) is 34.8 Å². The Balaban J connectivity index is 1.67. The van der Waals surface area contributed by atoms with Crippen LogP contribution in [0.1, 0.15) is 18.9 Å². The fourth-order valence-electron chi connectivity index (χ4n) is 4.28. The third-order valence-electron chi connectivity index (χ3n) is 5.71. The van der Waals surface area contributed by atoms with Crippen molar-refractivity contribution < 1.29 is 28.2 Å². The molecular formula is C19H19F2N3O5. The Kier molecular flexibility index (Phi) is 4.21. The van der Waals surface area contributed by atoms with E-state index in [1.807, 2.05) is 0 Å². The van der Waals surface area contributed by atoms with Gasteiger partial charge in [-0.25, -0.2) is 13.6 Å². The molecule has 2 atom stereocenters. The molecule has 2 aliphatic heterocycles. The Labute approximate surface area is 163 Å². The van der Waals surface area contributed by atoms with Gasteiger partial charge in [0.25, 0.3) is 0 Å². The van der Waals surface area contributed by atoms with Crippen molar-refractivity contribution in [1.29, 1.82) is 0 Å². The highest BCUT2D eigenvalue weighted by Crippen LogP contribution is 2.40. The maximum absolute atomic E-state index is 15.6. The summed E-state index contributed by atoms with van der Waals surface area (Å²) in [5.74, 6) is -2.17. The molecule has 29 heavy (non-hydrogen) atoms. The van der Waals surface area contributed by atoms with E-state index in [0.29, 0.717) is 26.2 Å². The Hall–Kier alpha value is -2.72. The van der Waals surface area contributed by atoms with E-state index in [0.717, 1.165) is 18.9 Å². The number of carboxylic acid groups (broad SMARTS) is 1. The van der Waals surface area contributed by atoms with Gasteiger partial charge in [-0.2, -0.15) is 0 Å². The number of ether oxygens (including phenoxy) is 2. The molecular weight excluding hydrogens is 388 g/mol. The average Bonchev–Trinajstić information content (AvgIpc) is 3.43. The molecule has 2 N–H and O–H groups in total. The molecule has 3 aliphatic rings. The molecule has 2 aromatic rings. The predicted octanol–water partition coefficient (Wildman–Crippen LogP) is 1.85. The molecule has 0 bridgehead atoms. The summed E-state index contributed by atoms with van der Waals surface area (Å²) in [6.45, 7) is 1.96. The molecule has 8 nitrogen and oxygen atoms in total. The monoisotopic (exact) mass is 407 g/mol. The topological polar surface area (TPSA) is 93.0 Å². The number of carbonyl (C=O) groups is 1. The van der Waals surface area contributed by atoms with Crippen LogP contribution in [0.3, 0.4) is 0 Å². The van der Waals surface area contributed by atoms with E-state index in [4.69, 9.17) is 9.84 Å². The minimum Gasteiger partial charge on any atom is -0.449 e. The molecule has 10 heteroatoms. The van der Waals surface area contributed by atoms with Gasteiger partial charge in [-0.3, -0.25) is 4.79 Å². The van der Waals surface area contributed by atoms with Gasteiger partial charge in [-0.05, 0) is 18.9 Å². The van der Waals surface area contributed by atoms with Crippen LogP contribution in [0.2, 0.25) is 0 Å². The van der Waals surface area contributed by atoms with Crippen molar-refractivity contribution in [3.8, 4) is 5.75 Å².